The molecule has 0 radical (unpaired) electrons. The van der Waals surface area contributed by atoms with E-state index >= 15 is 0 Å². The summed E-state index contributed by atoms with van der Waals surface area (Å²) in [4.78, 5) is 12.1. The Labute approximate surface area is 155 Å². The van der Waals surface area contributed by atoms with Crippen molar-refractivity contribution in [2.24, 2.45) is 17.8 Å². The molecule has 1 aromatic carbocycles. The third-order valence-electron chi connectivity index (χ3n) is 6.77. The van der Waals surface area contributed by atoms with Gasteiger partial charge in [-0.2, -0.15) is 0 Å². The van der Waals surface area contributed by atoms with Crippen LogP contribution in [0.4, 0.5) is 0 Å². The number of hydrogen-bond acceptors (Lipinski definition) is 5. The highest BCUT2D eigenvalue weighted by Gasteiger charge is 2.65. The van der Waals surface area contributed by atoms with E-state index in [2.05, 4.69) is 24.3 Å². The minimum Gasteiger partial charge on any atom is -0.396 e. The molecular weight excluding hydrogens is 332 g/mol. The molecule has 3 saturated heterocycles. The minimum absolute atomic E-state index is 0.143. The number of rotatable bonds is 5. The highest BCUT2D eigenvalue weighted by molar-refractivity contribution is 5.17. The van der Waals surface area contributed by atoms with E-state index in [1.807, 2.05) is 13.0 Å². The van der Waals surface area contributed by atoms with Crippen LogP contribution in [0.25, 0.3) is 0 Å². The monoisotopic (exact) mass is 362 g/mol. The topological polar surface area (TPSA) is 57.2 Å². The first-order valence-corrected chi connectivity index (χ1v) is 9.84. The smallest absolute Gasteiger partial charge is 0.204 e. The fourth-order valence-corrected chi connectivity index (χ4v) is 5.38. The second-order valence-corrected chi connectivity index (χ2v) is 8.18. The van der Waals surface area contributed by atoms with Crippen LogP contribution in [0.3, 0.4) is 0 Å². The standard InChI is InChI=1S/C21H30O5/c1-20-18(13-15-7-4-3-5-8-15)14-17-10-6-9-16(11-12-22)21(17,26-25-20)19(23-2)24-20/h3-5,7-8,16-19,22H,6,9-14H2,1-2H3/t16-,17+,18?,19-,20+,21-/m0/s1. The van der Waals surface area contributed by atoms with E-state index in [-0.39, 0.29) is 18.4 Å². The summed E-state index contributed by atoms with van der Waals surface area (Å²) in [6, 6.07) is 10.5. The molecule has 144 valence electrons. The molecule has 4 aliphatic rings. The normalized spacial score (nSPS) is 42.3. The fraction of sp³-hybridized carbons (Fsp3) is 0.714. The molecule has 0 aromatic heterocycles. The van der Waals surface area contributed by atoms with Crippen LogP contribution in [0.1, 0.15) is 44.6 Å². The number of aliphatic hydroxyl groups excluding tert-OH is 1. The quantitative estimate of drug-likeness (QED) is 0.813. The van der Waals surface area contributed by atoms with Gasteiger partial charge < -0.3 is 14.6 Å². The molecule has 5 rings (SSSR count). The molecule has 3 heterocycles. The van der Waals surface area contributed by atoms with Crippen molar-refractivity contribution in [1.82, 2.24) is 0 Å². The van der Waals surface area contributed by atoms with Gasteiger partial charge in [0.25, 0.3) is 0 Å². The van der Waals surface area contributed by atoms with Crippen LogP contribution in [0.2, 0.25) is 0 Å². The molecule has 1 aromatic rings. The molecule has 6 atom stereocenters. The first kappa shape index (κ1) is 18.4. The minimum atomic E-state index is -0.830. The summed E-state index contributed by atoms with van der Waals surface area (Å²) in [5.41, 5.74) is 0.655. The van der Waals surface area contributed by atoms with Gasteiger partial charge >= 0.3 is 0 Å². The van der Waals surface area contributed by atoms with Crippen LogP contribution < -0.4 is 0 Å². The molecule has 5 heteroatoms. The first-order chi connectivity index (χ1) is 12.6. The van der Waals surface area contributed by atoms with Crippen molar-refractivity contribution >= 4 is 0 Å². The van der Waals surface area contributed by atoms with Crippen LogP contribution in [-0.4, -0.2) is 36.5 Å². The number of methoxy groups -OCH3 is 1. The summed E-state index contributed by atoms with van der Waals surface area (Å²) >= 11 is 0. The van der Waals surface area contributed by atoms with E-state index < -0.39 is 17.7 Å². The lowest BCUT2D eigenvalue weighted by atomic mass is 9.64. The maximum atomic E-state index is 9.58. The van der Waals surface area contributed by atoms with Crippen LogP contribution in [0.15, 0.2) is 30.3 Å². The Bertz CT molecular complexity index is 606. The summed E-state index contributed by atoms with van der Waals surface area (Å²) < 4.78 is 12.2. The van der Waals surface area contributed by atoms with Crippen molar-refractivity contribution in [2.45, 2.75) is 63.1 Å². The van der Waals surface area contributed by atoms with E-state index in [1.54, 1.807) is 7.11 Å². The van der Waals surface area contributed by atoms with Crippen molar-refractivity contribution in [3.05, 3.63) is 35.9 Å². The predicted octanol–water partition coefficient (Wildman–Crippen LogP) is 3.45. The summed E-state index contributed by atoms with van der Waals surface area (Å²) in [7, 11) is 1.68. The third kappa shape index (κ3) is 2.90. The van der Waals surface area contributed by atoms with Crippen LogP contribution in [0.5, 0.6) is 0 Å². The van der Waals surface area contributed by atoms with Crippen molar-refractivity contribution in [1.29, 1.82) is 0 Å². The number of aliphatic hydroxyl groups is 1. The zero-order chi connectivity index (χ0) is 18.2. The molecule has 1 saturated carbocycles. The van der Waals surface area contributed by atoms with E-state index in [4.69, 9.17) is 19.2 Å². The molecule has 5 nitrogen and oxygen atoms in total. The number of fused-ring (bicyclic) bond motifs is 3. The van der Waals surface area contributed by atoms with E-state index in [0.29, 0.717) is 12.3 Å². The molecule has 2 bridgehead atoms. The SMILES string of the molecule is CO[C@H]1O[C@]2(C)OO[C@]13[C@H](CCO)CCC[C@@H]3CC2Cc1ccccc1. The molecule has 1 spiro atoms. The average molecular weight is 362 g/mol. The van der Waals surface area contributed by atoms with Gasteiger partial charge in [0.05, 0.1) is 0 Å². The van der Waals surface area contributed by atoms with Gasteiger partial charge in [0.1, 0.15) is 0 Å². The summed E-state index contributed by atoms with van der Waals surface area (Å²) in [6.07, 6.45) is 5.31. The fourth-order valence-electron chi connectivity index (χ4n) is 5.38. The van der Waals surface area contributed by atoms with Gasteiger partial charge in [0, 0.05) is 19.6 Å². The molecular formula is C21H30O5. The first-order valence-electron chi connectivity index (χ1n) is 9.84. The zero-order valence-electron chi connectivity index (χ0n) is 15.7. The Morgan fingerprint density at radius 1 is 1.15 bits per heavy atom. The van der Waals surface area contributed by atoms with Crippen molar-refractivity contribution in [3.8, 4) is 0 Å². The van der Waals surface area contributed by atoms with Crippen molar-refractivity contribution in [2.75, 3.05) is 13.7 Å². The average Bonchev–Trinajstić information content (AvgIpc) is 2.84. The van der Waals surface area contributed by atoms with Gasteiger partial charge in [0.15, 0.2) is 11.9 Å². The lowest BCUT2D eigenvalue weighted by Gasteiger charge is -2.53. The lowest BCUT2D eigenvalue weighted by molar-refractivity contribution is -0.560. The molecule has 1 N–H and O–H groups in total. The Morgan fingerprint density at radius 2 is 1.96 bits per heavy atom. The van der Waals surface area contributed by atoms with Crippen LogP contribution >= 0.6 is 0 Å². The summed E-state index contributed by atoms with van der Waals surface area (Å²) in [5.74, 6) is -0.167. The second-order valence-electron chi connectivity index (χ2n) is 8.18. The van der Waals surface area contributed by atoms with Gasteiger partial charge in [-0.1, -0.05) is 36.8 Å². The third-order valence-corrected chi connectivity index (χ3v) is 6.77. The molecule has 1 unspecified atom stereocenters. The van der Waals surface area contributed by atoms with Crippen LogP contribution in [-0.2, 0) is 25.7 Å². The Hall–Kier alpha value is -0.980. The Morgan fingerprint density at radius 3 is 2.69 bits per heavy atom. The largest absolute Gasteiger partial charge is 0.396 e. The Balaban J connectivity index is 1.68. The highest BCUT2D eigenvalue weighted by atomic mass is 17.3. The van der Waals surface area contributed by atoms with Crippen molar-refractivity contribution in [3.63, 3.8) is 0 Å². The molecule has 3 aliphatic heterocycles. The highest BCUT2D eigenvalue weighted by Crippen LogP contribution is 2.57. The maximum absolute atomic E-state index is 9.58. The molecule has 26 heavy (non-hydrogen) atoms. The van der Waals surface area contributed by atoms with E-state index in [0.717, 1.165) is 32.1 Å². The lowest BCUT2D eigenvalue weighted by Crippen LogP contribution is -2.63. The zero-order valence-corrected chi connectivity index (χ0v) is 15.7. The predicted molar refractivity (Wildman–Crippen MR) is 96.0 cm³/mol. The van der Waals surface area contributed by atoms with Crippen LogP contribution in [0, 0.1) is 17.8 Å². The second kappa shape index (κ2) is 7.21. The summed E-state index contributed by atoms with van der Waals surface area (Å²) in [5, 5.41) is 9.58. The Kier molecular flexibility index (Phi) is 5.10. The number of hydrogen-bond donors (Lipinski definition) is 1. The van der Waals surface area contributed by atoms with E-state index in [9.17, 15) is 5.11 Å². The van der Waals surface area contributed by atoms with E-state index in [1.165, 1.54) is 5.56 Å². The van der Waals surface area contributed by atoms with Gasteiger partial charge in [-0.15, -0.1) is 0 Å². The van der Waals surface area contributed by atoms with Gasteiger partial charge in [-0.3, -0.25) is 0 Å². The van der Waals surface area contributed by atoms with Gasteiger partial charge in [-0.05, 0) is 56.4 Å². The summed E-state index contributed by atoms with van der Waals surface area (Å²) in [6.45, 7) is 2.11. The maximum Gasteiger partial charge on any atom is 0.204 e. The molecule has 0 amide bonds. The van der Waals surface area contributed by atoms with Gasteiger partial charge in [-0.25, -0.2) is 9.78 Å². The van der Waals surface area contributed by atoms with Crippen molar-refractivity contribution < 1.29 is 24.4 Å². The molecule has 1 aliphatic carbocycles. The van der Waals surface area contributed by atoms with Gasteiger partial charge in [0.2, 0.25) is 5.79 Å². The number of ether oxygens (including phenoxy) is 2. The number of benzene rings is 1. The molecule has 4 fully saturated rings.